The van der Waals surface area contributed by atoms with Gasteiger partial charge in [-0.1, -0.05) is 24.3 Å². The van der Waals surface area contributed by atoms with Crippen LogP contribution in [0.3, 0.4) is 0 Å². The van der Waals surface area contributed by atoms with Crippen molar-refractivity contribution in [3.05, 3.63) is 48.7 Å². The van der Waals surface area contributed by atoms with Crippen molar-refractivity contribution in [1.29, 1.82) is 0 Å². The molecule has 2 aromatic carbocycles. The fourth-order valence-electron chi connectivity index (χ4n) is 3.24. The summed E-state index contributed by atoms with van der Waals surface area (Å²) in [4.78, 5) is 22.2. The summed E-state index contributed by atoms with van der Waals surface area (Å²) in [6, 6.07) is 13.8. The number of hydrazine groups is 1. The van der Waals surface area contributed by atoms with Crippen molar-refractivity contribution in [1.82, 2.24) is 19.9 Å². The van der Waals surface area contributed by atoms with Crippen LogP contribution >= 0.6 is 0 Å². The number of anilines is 2. The Kier molecular flexibility index (Phi) is 4.95. The quantitative estimate of drug-likeness (QED) is 0.679. The van der Waals surface area contributed by atoms with Crippen LogP contribution in [0.4, 0.5) is 11.6 Å². The molecule has 0 bridgehead atoms. The van der Waals surface area contributed by atoms with Gasteiger partial charge in [0, 0.05) is 49.0 Å². The molecule has 4 rings (SSSR count). The Labute approximate surface area is 158 Å². The molecule has 2 heterocycles. The number of aromatic nitrogens is 2. The molecule has 0 atom stereocenters. The molecule has 138 valence electrons. The molecule has 7 heteroatoms. The molecule has 0 saturated carbocycles. The molecule has 2 N–H and O–H groups in total. The molecular formula is C20H22N6O. The van der Waals surface area contributed by atoms with Crippen molar-refractivity contribution in [2.75, 3.05) is 44.0 Å². The Bertz CT molecular complexity index is 952. The van der Waals surface area contributed by atoms with E-state index in [-0.39, 0.29) is 0 Å². The van der Waals surface area contributed by atoms with Crippen LogP contribution in [0.15, 0.2) is 48.7 Å². The first-order valence-electron chi connectivity index (χ1n) is 8.99. The van der Waals surface area contributed by atoms with Crippen LogP contribution in [0.2, 0.25) is 0 Å². The van der Waals surface area contributed by atoms with Gasteiger partial charge in [0.15, 0.2) is 0 Å². The topological polar surface area (TPSA) is 73.4 Å². The third kappa shape index (κ3) is 3.89. The van der Waals surface area contributed by atoms with Gasteiger partial charge in [-0.05, 0) is 30.8 Å². The SMILES string of the molecule is CN1CCN(Nc2ncc3cc(-c4ccccc4NC=O)ccc3n2)CC1. The molecule has 27 heavy (non-hydrogen) atoms. The molecule has 0 unspecified atom stereocenters. The summed E-state index contributed by atoms with van der Waals surface area (Å²) in [6.45, 7) is 3.94. The molecule has 1 aromatic heterocycles. The second kappa shape index (κ2) is 7.69. The highest BCUT2D eigenvalue weighted by atomic mass is 16.1. The number of carbonyl (C=O) groups excluding carboxylic acids is 1. The lowest BCUT2D eigenvalue weighted by Crippen LogP contribution is -2.47. The number of benzene rings is 2. The summed E-state index contributed by atoms with van der Waals surface area (Å²) in [7, 11) is 2.13. The van der Waals surface area contributed by atoms with Gasteiger partial charge in [-0.25, -0.2) is 15.0 Å². The van der Waals surface area contributed by atoms with E-state index in [1.165, 1.54) is 0 Å². The molecule has 0 spiro atoms. The third-order valence-corrected chi connectivity index (χ3v) is 4.79. The van der Waals surface area contributed by atoms with Crippen molar-refractivity contribution < 1.29 is 4.79 Å². The van der Waals surface area contributed by atoms with Gasteiger partial charge in [-0.3, -0.25) is 10.2 Å². The molecule has 7 nitrogen and oxygen atoms in total. The second-order valence-corrected chi connectivity index (χ2v) is 6.68. The van der Waals surface area contributed by atoms with E-state index in [0.717, 1.165) is 53.9 Å². The summed E-state index contributed by atoms with van der Waals surface area (Å²) in [5.41, 5.74) is 6.93. The molecule has 3 aromatic rings. The Morgan fingerprint density at radius 2 is 1.89 bits per heavy atom. The lowest BCUT2D eigenvalue weighted by atomic mass is 10.0. The van der Waals surface area contributed by atoms with Gasteiger partial charge < -0.3 is 10.2 Å². The van der Waals surface area contributed by atoms with E-state index in [1.807, 2.05) is 48.7 Å². The smallest absolute Gasteiger partial charge is 0.238 e. The van der Waals surface area contributed by atoms with Crippen molar-refractivity contribution in [3.63, 3.8) is 0 Å². The summed E-state index contributed by atoms with van der Waals surface area (Å²) in [6.07, 6.45) is 2.53. The highest BCUT2D eigenvalue weighted by molar-refractivity contribution is 5.90. The first-order valence-corrected chi connectivity index (χ1v) is 8.99. The molecule has 1 aliphatic rings. The zero-order valence-corrected chi connectivity index (χ0v) is 15.2. The minimum Gasteiger partial charge on any atom is -0.328 e. The number of piperazine rings is 1. The number of amides is 1. The van der Waals surface area contributed by atoms with Gasteiger partial charge in [-0.2, -0.15) is 0 Å². The molecule has 1 fully saturated rings. The maximum Gasteiger partial charge on any atom is 0.238 e. The maximum atomic E-state index is 10.8. The van der Waals surface area contributed by atoms with Gasteiger partial charge in [0.25, 0.3) is 0 Å². The van der Waals surface area contributed by atoms with Crippen LogP contribution in [0.1, 0.15) is 0 Å². The molecular weight excluding hydrogens is 340 g/mol. The van der Waals surface area contributed by atoms with Crippen LogP contribution in [0.25, 0.3) is 22.0 Å². The van der Waals surface area contributed by atoms with E-state index in [9.17, 15) is 4.79 Å². The van der Waals surface area contributed by atoms with Crippen molar-refractivity contribution in [3.8, 4) is 11.1 Å². The van der Waals surface area contributed by atoms with Gasteiger partial charge in [0.1, 0.15) is 0 Å². The summed E-state index contributed by atoms with van der Waals surface area (Å²) >= 11 is 0. The lowest BCUT2D eigenvalue weighted by molar-refractivity contribution is -0.105. The molecule has 1 saturated heterocycles. The minimum atomic E-state index is 0.614. The molecule has 0 radical (unpaired) electrons. The molecule has 1 aliphatic heterocycles. The average molecular weight is 362 g/mol. The summed E-state index contributed by atoms with van der Waals surface area (Å²) in [5.74, 6) is 0.614. The second-order valence-electron chi connectivity index (χ2n) is 6.68. The van der Waals surface area contributed by atoms with E-state index in [2.05, 4.69) is 37.7 Å². The van der Waals surface area contributed by atoms with Crippen LogP contribution in [-0.2, 0) is 4.79 Å². The van der Waals surface area contributed by atoms with Crippen molar-refractivity contribution >= 4 is 28.9 Å². The monoisotopic (exact) mass is 362 g/mol. The van der Waals surface area contributed by atoms with E-state index in [4.69, 9.17) is 0 Å². The zero-order valence-electron chi connectivity index (χ0n) is 15.2. The van der Waals surface area contributed by atoms with Gasteiger partial charge in [-0.15, -0.1) is 0 Å². The number of hydrogen-bond donors (Lipinski definition) is 2. The number of nitrogens with zero attached hydrogens (tertiary/aromatic N) is 4. The average Bonchev–Trinajstić information content (AvgIpc) is 2.70. The number of rotatable bonds is 5. The number of carbonyl (C=O) groups is 1. The van der Waals surface area contributed by atoms with E-state index < -0.39 is 0 Å². The van der Waals surface area contributed by atoms with Crippen molar-refractivity contribution in [2.45, 2.75) is 0 Å². The van der Waals surface area contributed by atoms with Crippen molar-refractivity contribution in [2.24, 2.45) is 0 Å². The van der Waals surface area contributed by atoms with E-state index in [1.54, 1.807) is 0 Å². The van der Waals surface area contributed by atoms with Crippen LogP contribution in [-0.4, -0.2) is 59.5 Å². The fourth-order valence-corrected chi connectivity index (χ4v) is 3.24. The van der Waals surface area contributed by atoms with Crippen LogP contribution < -0.4 is 10.7 Å². The predicted octanol–water partition coefficient (Wildman–Crippen LogP) is 2.44. The normalized spacial score (nSPS) is 15.6. The Morgan fingerprint density at radius 1 is 1.07 bits per heavy atom. The number of likely N-dealkylation sites (N-methyl/N-ethyl adjacent to an activating group) is 1. The fraction of sp³-hybridized carbons (Fsp3) is 0.250. The zero-order chi connectivity index (χ0) is 18.6. The highest BCUT2D eigenvalue weighted by Gasteiger charge is 2.14. The van der Waals surface area contributed by atoms with Gasteiger partial charge >= 0.3 is 0 Å². The maximum absolute atomic E-state index is 10.8. The largest absolute Gasteiger partial charge is 0.328 e. The van der Waals surface area contributed by atoms with Crippen LogP contribution in [0, 0.1) is 0 Å². The first kappa shape index (κ1) is 17.4. The summed E-state index contributed by atoms with van der Waals surface area (Å²) in [5, 5.41) is 5.86. The third-order valence-electron chi connectivity index (χ3n) is 4.79. The number of nitrogens with one attached hydrogen (secondary N) is 2. The first-order chi connectivity index (χ1) is 13.2. The molecule has 1 amide bonds. The predicted molar refractivity (Wildman–Crippen MR) is 107 cm³/mol. The standard InChI is InChI=1S/C20H22N6O/c1-25-8-10-26(11-9-25)24-20-21-13-16-12-15(6-7-18(16)23-20)17-4-2-3-5-19(17)22-14-27/h2-7,12-14H,8-11H2,1H3,(H,22,27)(H,21,23,24). The molecule has 0 aliphatic carbocycles. The summed E-state index contributed by atoms with van der Waals surface area (Å²) < 4.78 is 0. The number of fused-ring (bicyclic) bond motifs is 1. The van der Waals surface area contributed by atoms with E-state index in [0.29, 0.717) is 12.4 Å². The van der Waals surface area contributed by atoms with Gasteiger partial charge in [0.2, 0.25) is 12.4 Å². The number of hydrogen-bond acceptors (Lipinski definition) is 6. The van der Waals surface area contributed by atoms with Gasteiger partial charge in [0.05, 0.1) is 5.52 Å². The Hall–Kier alpha value is -3.03. The minimum absolute atomic E-state index is 0.614. The Balaban J connectivity index is 1.58. The Morgan fingerprint density at radius 3 is 2.70 bits per heavy atom. The van der Waals surface area contributed by atoms with Crippen LogP contribution in [0.5, 0.6) is 0 Å². The van der Waals surface area contributed by atoms with E-state index >= 15 is 0 Å². The highest BCUT2D eigenvalue weighted by Crippen LogP contribution is 2.29. The number of para-hydroxylation sites is 1. The lowest BCUT2D eigenvalue weighted by Gasteiger charge is -2.32.